The van der Waals surface area contributed by atoms with Crippen LogP contribution >= 0.6 is 0 Å². The van der Waals surface area contributed by atoms with Crippen LogP contribution in [0.3, 0.4) is 0 Å². The van der Waals surface area contributed by atoms with Gasteiger partial charge in [-0.25, -0.2) is 0 Å². The SMILES string of the molecule is CCCCNC(=O)C1CC[NH+](Cc2ccc(OCc3ccccc3)cc2)CC1. The Morgan fingerprint density at radius 1 is 1.04 bits per heavy atom. The lowest BCUT2D eigenvalue weighted by atomic mass is 9.95. The summed E-state index contributed by atoms with van der Waals surface area (Å²) in [4.78, 5) is 13.8. The number of rotatable bonds is 9. The van der Waals surface area contributed by atoms with Gasteiger partial charge >= 0.3 is 0 Å². The third kappa shape index (κ3) is 6.38. The van der Waals surface area contributed by atoms with Crippen molar-refractivity contribution >= 4 is 5.91 Å². The van der Waals surface area contributed by atoms with Gasteiger partial charge in [-0.2, -0.15) is 0 Å². The van der Waals surface area contributed by atoms with Crippen LogP contribution in [0.5, 0.6) is 5.75 Å². The van der Waals surface area contributed by atoms with Gasteiger partial charge in [-0.15, -0.1) is 0 Å². The molecule has 1 heterocycles. The third-order valence-electron chi connectivity index (χ3n) is 5.52. The lowest BCUT2D eigenvalue weighted by Crippen LogP contribution is -3.11. The minimum absolute atomic E-state index is 0.203. The summed E-state index contributed by atoms with van der Waals surface area (Å²) in [6, 6.07) is 18.7. The molecule has 28 heavy (non-hydrogen) atoms. The molecule has 1 aliphatic rings. The van der Waals surface area contributed by atoms with Gasteiger partial charge < -0.3 is 15.0 Å². The van der Waals surface area contributed by atoms with Crippen molar-refractivity contribution in [1.82, 2.24) is 5.32 Å². The number of ether oxygens (including phenoxy) is 1. The van der Waals surface area contributed by atoms with Gasteiger partial charge in [0.2, 0.25) is 5.91 Å². The molecule has 0 bridgehead atoms. The molecule has 1 aliphatic heterocycles. The molecule has 0 unspecified atom stereocenters. The summed E-state index contributed by atoms with van der Waals surface area (Å²) in [7, 11) is 0. The molecule has 1 saturated heterocycles. The van der Waals surface area contributed by atoms with E-state index in [0.29, 0.717) is 6.61 Å². The maximum atomic E-state index is 12.2. The number of unbranched alkanes of at least 4 members (excludes halogenated alkanes) is 1. The Morgan fingerprint density at radius 3 is 2.43 bits per heavy atom. The number of hydrogen-bond donors (Lipinski definition) is 2. The Morgan fingerprint density at radius 2 is 1.75 bits per heavy atom. The van der Waals surface area contributed by atoms with E-state index in [2.05, 4.69) is 48.6 Å². The molecular weight excluding hydrogens is 348 g/mol. The van der Waals surface area contributed by atoms with Crippen molar-refractivity contribution in [2.45, 2.75) is 45.8 Å². The Kier molecular flexibility index (Phi) is 7.92. The molecular formula is C24H33N2O2+. The Hall–Kier alpha value is -2.33. The van der Waals surface area contributed by atoms with Gasteiger partial charge in [-0.3, -0.25) is 4.79 Å². The predicted octanol–water partition coefficient (Wildman–Crippen LogP) is 2.98. The number of likely N-dealkylation sites (tertiary alicyclic amines) is 1. The fourth-order valence-electron chi connectivity index (χ4n) is 3.73. The van der Waals surface area contributed by atoms with Crippen LogP contribution in [0, 0.1) is 5.92 Å². The Labute approximate surface area is 168 Å². The normalized spacial score (nSPS) is 19.2. The predicted molar refractivity (Wildman–Crippen MR) is 112 cm³/mol. The summed E-state index contributed by atoms with van der Waals surface area (Å²) >= 11 is 0. The third-order valence-corrected chi connectivity index (χ3v) is 5.52. The van der Waals surface area contributed by atoms with Gasteiger partial charge in [0.05, 0.1) is 13.1 Å². The highest BCUT2D eigenvalue weighted by atomic mass is 16.5. The zero-order valence-electron chi connectivity index (χ0n) is 17.0. The van der Waals surface area contributed by atoms with Crippen molar-refractivity contribution in [3.63, 3.8) is 0 Å². The second-order valence-electron chi connectivity index (χ2n) is 7.76. The maximum Gasteiger partial charge on any atom is 0.223 e. The van der Waals surface area contributed by atoms with Gasteiger partial charge in [0.1, 0.15) is 18.9 Å². The second kappa shape index (κ2) is 10.9. The van der Waals surface area contributed by atoms with E-state index in [1.165, 1.54) is 11.1 Å². The fraction of sp³-hybridized carbons (Fsp3) is 0.458. The number of benzene rings is 2. The minimum Gasteiger partial charge on any atom is -0.489 e. The highest BCUT2D eigenvalue weighted by molar-refractivity contribution is 5.78. The van der Waals surface area contributed by atoms with E-state index in [1.807, 2.05) is 18.2 Å². The van der Waals surface area contributed by atoms with Crippen molar-refractivity contribution in [1.29, 1.82) is 0 Å². The first-order chi connectivity index (χ1) is 13.7. The first-order valence-electron chi connectivity index (χ1n) is 10.6. The second-order valence-corrected chi connectivity index (χ2v) is 7.76. The van der Waals surface area contributed by atoms with Crippen molar-refractivity contribution in [2.24, 2.45) is 5.92 Å². The van der Waals surface area contributed by atoms with Crippen molar-refractivity contribution in [2.75, 3.05) is 19.6 Å². The summed E-state index contributed by atoms with van der Waals surface area (Å²) in [6.07, 6.45) is 4.18. The largest absolute Gasteiger partial charge is 0.489 e. The lowest BCUT2D eigenvalue weighted by molar-refractivity contribution is -0.919. The molecule has 0 aromatic heterocycles. The number of carbonyl (C=O) groups is 1. The Balaban J connectivity index is 1.39. The summed E-state index contributed by atoms with van der Waals surface area (Å²) in [6.45, 7) is 6.72. The van der Waals surface area contributed by atoms with Gasteiger partial charge in [0.25, 0.3) is 0 Å². The number of carbonyl (C=O) groups excluding carboxylic acids is 1. The number of piperidine rings is 1. The molecule has 2 aromatic carbocycles. The summed E-state index contributed by atoms with van der Waals surface area (Å²) in [5.74, 6) is 1.37. The fourth-order valence-corrected chi connectivity index (χ4v) is 3.73. The minimum atomic E-state index is 0.203. The highest BCUT2D eigenvalue weighted by Crippen LogP contribution is 2.15. The van der Waals surface area contributed by atoms with Crippen LogP contribution in [0.4, 0.5) is 0 Å². The van der Waals surface area contributed by atoms with Gasteiger partial charge in [-0.1, -0.05) is 43.7 Å². The molecule has 150 valence electrons. The van der Waals surface area contributed by atoms with E-state index in [4.69, 9.17) is 4.74 Å². The summed E-state index contributed by atoms with van der Waals surface area (Å²) < 4.78 is 5.87. The quantitative estimate of drug-likeness (QED) is 0.656. The van der Waals surface area contributed by atoms with Crippen molar-refractivity contribution < 1.29 is 14.4 Å². The Bertz CT molecular complexity index is 707. The molecule has 1 amide bonds. The zero-order chi connectivity index (χ0) is 19.6. The molecule has 0 atom stereocenters. The summed E-state index contributed by atoms with van der Waals surface area (Å²) in [5, 5.41) is 3.09. The van der Waals surface area contributed by atoms with E-state index < -0.39 is 0 Å². The van der Waals surface area contributed by atoms with Crippen LogP contribution in [0.25, 0.3) is 0 Å². The monoisotopic (exact) mass is 381 g/mol. The standard InChI is InChI=1S/C24H32N2O2/c1-2-3-15-25-24(27)22-13-16-26(17-14-22)18-20-9-11-23(12-10-20)28-19-21-7-5-4-6-8-21/h4-12,22H,2-3,13-19H2,1H3,(H,25,27)/p+1. The molecule has 0 spiro atoms. The van der Waals surface area contributed by atoms with Crippen LogP contribution in [-0.4, -0.2) is 25.5 Å². The molecule has 4 nitrogen and oxygen atoms in total. The lowest BCUT2D eigenvalue weighted by Gasteiger charge is -2.28. The van der Waals surface area contributed by atoms with Crippen molar-refractivity contribution in [3.05, 3.63) is 65.7 Å². The number of quaternary nitrogens is 1. The molecule has 3 rings (SSSR count). The highest BCUT2D eigenvalue weighted by Gasteiger charge is 2.27. The van der Waals surface area contributed by atoms with E-state index in [1.54, 1.807) is 4.90 Å². The molecule has 0 saturated carbocycles. The van der Waals surface area contributed by atoms with Crippen LogP contribution in [0.15, 0.2) is 54.6 Å². The van der Waals surface area contributed by atoms with Crippen LogP contribution in [0.1, 0.15) is 43.7 Å². The number of nitrogens with one attached hydrogen (secondary N) is 2. The average molecular weight is 382 g/mol. The molecule has 2 aromatic rings. The van der Waals surface area contributed by atoms with Crippen LogP contribution in [0.2, 0.25) is 0 Å². The zero-order valence-corrected chi connectivity index (χ0v) is 17.0. The topological polar surface area (TPSA) is 42.8 Å². The first kappa shape index (κ1) is 20.4. The van der Waals surface area contributed by atoms with Gasteiger partial charge in [0, 0.05) is 30.9 Å². The van der Waals surface area contributed by atoms with E-state index in [-0.39, 0.29) is 11.8 Å². The summed E-state index contributed by atoms with van der Waals surface area (Å²) in [5.41, 5.74) is 2.51. The van der Waals surface area contributed by atoms with E-state index in [0.717, 1.165) is 57.6 Å². The van der Waals surface area contributed by atoms with Crippen molar-refractivity contribution in [3.8, 4) is 5.75 Å². The molecule has 0 aliphatic carbocycles. The molecule has 1 fully saturated rings. The van der Waals surface area contributed by atoms with Gasteiger partial charge in [0.15, 0.2) is 0 Å². The number of hydrogen-bond acceptors (Lipinski definition) is 2. The number of amides is 1. The van der Waals surface area contributed by atoms with E-state index in [9.17, 15) is 4.79 Å². The van der Waals surface area contributed by atoms with Crippen LogP contribution in [-0.2, 0) is 17.9 Å². The van der Waals surface area contributed by atoms with E-state index >= 15 is 0 Å². The molecule has 0 radical (unpaired) electrons. The molecule has 4 heteroatoms. The smallest absolute Gasteiger partial charge is 0.223 e. The van der Waals surface area contributed by atoms with Crippen LogP contribution < -0.4 is 15.0 Å². The average Bonchev–Trinajstić information content (AvgIpc) is 2.75. The maximum absolute atomic E-state index is 12.2. The first-order valence-corrected chi connectivity index (χ1v) is 10.6. The van der Waals surface area contributed by atoms with Gasteiger partial charge in [-0.05, 0) is 36.2 Å². The molecule has 2 N–H and O–H groups in total.